The van der Waals surface area contributed by atoms with Gasteiger partial charge in [-0.15, -0.1) is 0 Å². The zero-order chi connectivity index (χ0) is 15.6. The van der Waals surface area contributed by atoms with Crippen molar-refractivity contribution in [2.75, 3.05) is 12.4 Å². The van der Waals surface area contributed by atoms with Gasteiger partial charge in [0.25, 0.3) is 0 Å². The summed E-state index contributed by atoms with van der Waals surface area (Å²) in [6.07, 6.45) is 2.06. The van der Waals surface area contributed by atoms with Crippen molar-refractivity contribution in [1.29, 1.82) is 0 Å². The summed E-state index contributed by atoms with van der Waals surface area (Å²) in [6.45, 7) is 0. The molecule has 1 aromatic carbocycles. The molecule has 0 aliphatic rings. The third-order valence-electron chi connectivity index (χ3n) is 2.39. The standard InChI is InChI=1S/C12H7F4N3O2/c1-21-12(20)7-3-17-4-8(18-7)19-11-9(15)5(13)2-6(14)10(11)16/h2-4H,1H3,(H,18,19). The van der Waals surface area contributed by atoms with Crippen molar-refractivity contribution < 1.29 is 27.1 Å². The number of anilines is 2. The van der Waals surface area contributed by atoms with E-state index in [-0.39, 0.29) is 17.6 Å². The Hall–Kier alpha value is -2.71. The van der Waals surface area contributed by atoms with Crippen LogP contribution in [0.15, 0.2) is 18.5 Å². The number of halogens is 4. The molecule has 1 N–H and O–H groups in total. The van der Waals surface area contributed by atoms with Crippen molar-refractivity contribution in [2.24, 2.45) is 0 Å². The summed E-state index contributed by atoms with van der Waals surface area (Å²) in [7, 11) is 1.10. The number of hydrogen-bond donors (Lipinski definition) is 1. The maximum atomic E-state index is 13.5. The number of nitrogens with one attached hydrogen (secondary N) is 1. The molecule has 0 amide bonds. The Morgan fingerprint density at radius 3 is 2.33 bits per heavy atom. The van der Waals surface area contributed by atoms with Gasteiger partial charge in [-0.1, -0.05) is 0 Å². The van der Waals surface area contributed by atoms with Crippen LogP contribution in [0, 0.1) is 23.3 Å². The molecule has 0 saturated heterocycles. The molecule has 0 spiro atoms. The summed E-state index contributed by atoms with van der Waals surface area (Å²) in [6, 6.07) is 0.0758. The Bertz CT molecular complexity index is 683. The first-order valence-electron chi connectivity index (χ1n) is 5.44. The summed E-state index contributed by atoms with van der Waals surface area (Å²) in [5.41, 5.74) is -1.33. The monoisotopic (exact) mass is 301 g/mol. The summed E-state index contributed by atoms with van der Waals surface area (Å²) in [4.78, 5) is 18.5. The molecule has 9 heteroatoms. The lowest BCUT2D eigenvalue weighted by Crippen LogP contribution is -2.09. The molecule has 0 unspecified atom stereocenters. The van der Waals surface area contributed by atoms with Crippen LogP contribution in [-0.2, 0) is 4.74 Å². The minimum Gasteiger partial charge on any atom is -0.464 e. The predicted molar refractivity (Wildman–Crippen MR) is 62.9 cm³/mol. The number of aromatic nitrogens is 2. The Morgan fingerprint density at radius 1 is 1.14 bits per heavy atom. The van der Waals surface area contributed by atoms with Gasteiger partial charge in [0.15, 0.2) is 29.0 Å². The van der Waals surface area contributed by atoms with E-state index >= 15 is 0 Å². The third-order valence-corrected chi connectivity index (χ3v) is 2.39. The highest BCUT2D eigenvalue weighted by atomic mass is 19.2. The summed E-state index contributed by atoms with van der Waals surface area (Å²) >= 11 is 0. The lowest BCUT2D eigenvalue weighted by atomic mass is 10.2. The number of ether oxygens (including phenoxy) is 1. The molecule has 1 heterocycles. The number of benzene rings is 1. The zero-order valence-electron chi connectivity index (χ0n) is 10.5. The first kappa shape index (κ1) is 14.7. The number of carbonyl (C=O) groups is 1. The lowest BCUT2D eigenvalue weighted by Gasteiger charge is -2.09. The molecule has 0 radical (unpaired) electrons. The predicted octanol–water partition coefficient (Wildman–Crippen LogP) is 2.56. The average Bonchev–Trinajstić information content (AvgIpc) is 2.49. The fraction of sp³-hybridized carbons (Fsp3) is 0.0833. The van der Waals surface area contributed by atoms with Crippen LogP contribution < -0.4 is 5.32 Å². The maximum Gasteiger partial charge on any atom is 0.358 e. The SMILES string of the molecule is COC(=O)c1cncc(Nc2c(F)c(F)cc(F)c2F)n1. The lowest BCUT2D eigenvalue weighted by molar-refractivity contribution is 0.0593. The number of methoxy groups -OCH3 is 1. The van der Waals surface area contributed by atoms with Crippen LogP contribution in [-0.4, -0.2) is 23.0 Å². The highest BCUT2D eigenvalue weighted by molar-refractivity contribution is 5.87. The first-order valence-corrected chi connectivity index (χ1v) is 5.44. The third kappa shape index (κ3) is 2.91. The quantitative estimate of drug-likeness (QED) is 0.536. The van der Waals surface area contributed by atoms with Crippen LogP contribution >= 0.6 is 0 Å². The normalized spacial score (nSPS) is 10.3. The average molecular weight is 301 g/mol. The van der Waals surface area contributed by atoms with E-state index in [1.165, 1.54) is 0 Å². The minimum absolute atomic E-state index is 0.0758. The van der Waals surface area contributed by atoms with Crippen molar-refractivity contribution in [1.82, 2.24) is 9.97 Å². The largest absolute Gasteiger partial charge is 0.464 e. The van der Waals surface area contributed by atoms with Gasteiger partial charge in [0, 0.05) is 6.07 Å². The van der Waals surface area contributed by atoms with Crippen molar-refractivity contribution in [3.05, 3.63) is 47.4 Å². The molecule has 21 heavy (non-hydrogen) atoms. The van der Waals surface area contributed by atoms with Crippen LogP contribution in [0.1, 0.15) is 10.5 Å². The topological polar surface area (TPSA) is 64.1 Å². The van der Waals surface area contributed by atoms with E-state index in [9.17, 15) is 22.4 Å². The molecule has 0 atom stereocenters. The molecule has 2 aromatic rings. The number of hydrogen-bond acceptors (Lipinski definition) is 5. The number of rotatable bonds is 3. The molecule has 1 aromatic heterocycles. The van der Waals surface area contributed by atoms with Crippen molar-refractivity contribution >= 4 is 17.5 Å². The molecule has 0 aliphatic carbocycles. The summed E-state index contributed by atoms with van der Waals surface area (Å²) in [5, 5.41) is 2.03. The molecule has 110 valence electrons. The highest BCUT2D eigenvalue weighted by Crippen LogP contribution is 2.26. The van der Waals surface area contributed by atoms with E-state index in [0.717, 1.165) is 19.5 Å². The molecule has 0 bridgehead atoms. The van der Waals surface area contributed by atoms with E-state index in [0.29, 0.717) is 0 Å². The number of nitrogens with zero attached hydrogens (tertiary/aromatic N) is 2. The second-order valence-electron chi connectivity index (χ2n) is 3.75. The van der Waals surface area contributed by atoms with Crippen LogP contribution in [0.25, 0.3) is 0 Å². The Labute approximate surface area is 115 Å². The van der Waals surface area contributed by atoms with Gasteiger partial charge < -0.3 is 10.1 Å². The van der Waals surface area contributed by atoms with Gasteiger partial charge in [0.1, 0.15) is 11.5 Å². The Balaban J connectivity index is 2.41. The van der Waals surface area contributed by atoms with E-state index in [1.54, 1.807) is 0 Å². The van der Waals surface area contributed by atoms with Gasteiger partial charge >= 0.3 is 5.97 Å². The van der Waals surface area contributed by atoms with Crippen LogP contribution in [0.4, 0.5) is 29.1 Å². The van der Waals surface area contributed by atoms with Crippen LogP contribution in [0.2, 0.25) is 0 Å². The Morgan fingerprint density at radius 2 is 1.76 bits per heavy atom. The van der Waals surface area contributed by atoms with Gasteiger partial charge in [0.05, 0.1) is 19.5 Å². The van der Waals surface area contributed by atoms with Crippen LogP contribution in [0.3, 0.4) is 0 Å². The smallest absolute Gasteiger partial charge is 0.358 e. The van der Waals surface area contributed by atoms with Crippen molar-refractivity contribution in [3.63, 3.8) is 0 Å². The minimum atomic E-state index is -1.63. The fourth-order valence-electron chi connectivity index (χ4n) is 1.44. The summed E-state index contributed by atoms with van der Waals surface area (Å²) in [5.74, 6) is -7.53. The molecule has 5 nitrogen and oxygen atoms in total. The van der Waals surface area contributed by atoms with Gasteiger partial charge in [0.2, 0.25) is 0 Å². The van der Waals surface area contributed by atoms with E-state index in [1.807, 2.05) is 5.32 Å². The molecule has 2 rings (SSSR count). The maximum absolute atomic E-state index is 13.5. The zero-order valence-corrected chi connectivity index (χ0v) is 10.5. The number of carbonyl (C=O) groups excluding carboxylic acids is 1. The molecular weight excluding hydrogens is 294 g/mol. The summed E-state index contributed by atoms with van der Waals surface area (Å²) < 4.78 is 57.4. The molecule has 0 fully saturated rings. The van der Waals surface area contributed by atoms with Gasteiger partial charge in [-0.05, 0) is 0 Å². The molecular formula is C12H7F4N3O2. The highest BCUT2D eigenvalue weighted by Gasteiger charge is 2.20. The Kier molecular flexibility index (Phi) is 4.01. The van der Waals surface area contributed by atoms with E-state index in [2.05, 4.69) is 14.7 Å². The van der Waals surface area contributed by atoms with E-state index < -0.39 is 34.9 Å². The second kappa shape index (κ2) is 5.73. The van der Waals surface area contributed by atoms with E-state index in [4.69, 9.17) is 0 Å². The second-order valence-corrected chi connectivity index (χ2v) is 3.75. The molecule has 0 aliphatic heterocycles. The molecule has 0 saturated carbocycles. The van der Waals surface area contributed by atoms with Gasteiger partial charge in [-0.3, -0.25) is 4.98 Å². The first-order chi connectivity index (χ1) is 9.93. The van der Waals surface area contributed by atoms with Gasteiger partial charge in [-0.25, -0.2) is 27.3 Å². The van der Waals surface area contributed by atoms with Gasteiger partial charge in [-0.2, -0.15) is 0 Å². The van der Waals surface area contributed by atoms with Crippen molar-refractivity contribution in [2.45, 2.75) is 0 Å². The van der Waals surface area contributed by atoms with Crippen molar-refractivity contribution in [3.8, 4) is 0 Å². The number of esters is 1. The van der Waals surface area contributed by atoms with Crippen LogP contribution in [0.5, 0.6) is 0 Å². The fourth-order valence-corrected chi connectivity index (χ4v) is 1.44.